The third-order valence-electron chi connectivity index (χ3n) is 7.11. The van der Waals surface area contributed by atoms with Crippen LogP contribution in [0, 0.1) is 23.3 Å². The quantitative estimate of drug-likeness (QED) is 0.119. The van der Waals surface area contributed by atoms with Crippen LogP contribution in [0.25, 0.3) is 33.5 Å². The van der Waals surface area contributed by atoms with Crippen molar-refractivity contribution in [1.29, 1.82) is 0 Å². The van der Waals surface area contributed by atoms with E-state index in [0.717, 1.165) is 61.6 Å². The molecule has 0 amide bonds. The summed E-state index contributed by atoms with van der Waals surface area (Å²) in [5.41, 5.74) is 2.18. The van der Waals surface area contributed by atoms with Gasteiger partial charge in [0.2, 0.25) is 0 Å². The van der Waals surface area contributed by atoms with E-state index in [1.807, 2.05) is 12.1 Å². The molecule has 4 aromatic carbocycles. The molecule has 1 heterocycles. The van der Waals surface area contributed by atoms with Gasteiger partial charge in [-0.3, -0.25) is 4.98 Å². The van der Waals surface area contributed by atoms with Gasteiger partial charge in [-0.05, 0) is 78.1 Å². The maximum atomic E-state index is 15.0. The minimum atomic E-state index is -3.76. The van der Waals surface area contributed by atoms with E-state index in [1.54, 1.807) is 6.20 Å². The monoisotopic (exact) mass is 591 g/mol. The van der Waals surface area contributed by atoms with E-state index < -0.39 is 40.7 Å². The highest BCUT2D eigenvalue weighted by Gasteiger charge is 2.34. The third kappa shape index (κ3) is 6.91. The number of hydrogen-bond donors (Lipinski definition) is 0. The number of rotatable bonds is 10. The summed E-state index contributed by atoms with van der Waals surface area (Å²) in [5, 5.41) is 0. The van der Waals surface area contributed by atoms with Crippen LogP contribution in [0.4, 0.5) is 26.3 Å². The predicted octanol–water partition coefficient (Wildman–Crippen LogP) is 10.5. The van der Waals surface area contributed by atoms with Crippen molar-refractivity contribution in [3.05, 3.63) is 132 Å². The highest BCUT2D eigenvalue weighted by Crippen LogP contribution is 2.36. The Kier molecular flexibility index (Phi) is 8.85. The number of unbranched alkanes of at least 4 members (excludes halogenated alkanes) is 2. The van der Waals surface area contributed by atoms with E-state index in [2.05, 4.69) is 11.9 Å². The largest absolute Gasteiger partial charge is 0.429 e. The van der Waals surface area contributed by atoms with Gasteiger partial charge in [0.1, 0.15) is 17.4 Å². The summed E-state index contributed by atoms with van der Waals surface area (Å²) in [6.07, 6.45) is 2.34. The summed E-state index contributed by atoms with van der Waals surface area (Å²) < 4.78 is 91.4. The molecule has 1 aromatic heterocycles. The molecule has 0 N–H and O–H groups in total. The zero-order chi connectivity index (χ0) is 30.6. The van der Waals surface area contributed by atoms with Gasteiger partial charge in [-0.2, -0.15) is 8.78 Å². The maximum absolute atomic E-state index is 15.0. The van der Waals surface area contributed by atoms with E-state index in [-0.39, 0.29) is 22.3 Å². The van der Waals surface area contributed by atoms with Crippen molar-refractivity contribution >= 4 is 0 Å². The van der Waals surface area contributed by atoms with E-state index in [9.17, 15) is 26.3 Å². The maximum Gasteiger partial charge on any atom is 0.426 e. The molecule has 8 heteroatoms. The number of aromatic nitrogens is 1. The van der Waals surface area contributed by atoms with E-state index >= 15 is 0 Å². The lowest BCUT2D eigenvalue weighted by Gasteiger charge is -2.19. The topological polar surface area (TPSA) is 22.1 Å². The average Bonchev–Trinajstić information content (AvgIpc) is 2.99. The fourth-order valence-electron chi connectivity index (χ4n) is 4.74. The van der Waals surface area contributed by atoms with E-state index in [1.165, 1.54) is 48.5 Å². The van der Waals surface area contributed by atoms with Crippen molar-refractivity contribution < 1.29 is 31.1 Å². The van der Waals surface area contributed by atoms with Crippen LogP contribution in [0.2, 0.25) is 0 Å². The minimum Gasteiger partial charge on any atom is -0.429 e. The van der Waals surface area contributed by atoms with Crippen LogP contribution in [-0.2, 0) is 12.5 Å². The van der Waals surface area contributed by atoms with Crippen LogP contribution in [-0.4, -0.2) is 4.98 Å². The first-order chi connectivity index (χ1) is 20.6. The molecule has 0 spiro atoms. The SMILES string of the molecule is CCCCCc1ccc(-c2ccc(C(F)(F)Oc3ccc(-c4ccc(-c5ccc(F)c(F)c5)c(F)c4)c(F)c3)cc2)nc1. The zero-order valence-electron chi connectivity index (χ0n) is 23.2. The van der Waals surface area contributed by atoms with Crippen LogP contribution in [0.3, 0.4) is 0 Å². The lowest BCUT2D eigenvalue weighted by atomic mass is 9.99. The molecule has 0 saturated heterocycles. The number of benzene rings is 4. The Morgan fingerprint density at radius 2 is 1.26 bits per heavy atom. The number of hydrogen-bond acceptors (Lipinski definition) is 2. The van der Waals surface area contributed by atoms with Crippen molar-refractivity contribution in [2.24, 2.45) is 0 Å². The van der Waals surface area contributed by atoms with Crippen molar-refractivity contribution in [2.75, 3.05) is 0 Å². The summed E-state index contributed by atoms with van der Waals surface area (Å²) in [7, 11) is 0. The van der Waals surface area contributed by atoms with Gasteiger partial charge < -0.3 is 4.74 Å². The number of aryl methyl sites for hydroxylation is 1. The molecule has 0 bridgehead atoms. The smallest absolute Gasteiger partial charge is 0.426 e. The second-order valence-electron chi connectivity index (χ2n) is 10.2. The first kappa shape index (κ1) is 29.9. The molecule has 0 saturated carbocycles. The molecule has 5 rings (SSSR count). The van der Waals surface area contributed by atoms with Gasteiger partial charge in [0, 0.05) is 29.0 Å². The molecule has 220 valence electrons. The summed E-state index contributed by atoms with van der Waals surface area (Å²) in [5.74, 6) is -4.32. The molecule has 0 radical (unpaired) electrons. The van der Waals surface area contributed by atoms with Crippen molar-refractivity contribution in [3.8, 4) is 39.3 Å². The Morgan fingerprint density at radius 1 is 0.628 bits per heavy atom. The molecule has 5 aromatic rings. The number of ether oxygens (including phenoxy) is 1. The standard InChI is InChI=1S/C35H27F6NO/c1-2-3-4-5-22-6-17-34(42-21-22)23-7-11-26(12-8-23)35(40,41)43-27-13-15-29(32(38)20-27)24-9-14-28(31(37)18-24)25-10-16-30(36)33(39)19-25/h6-21H,2-5H2,1H3. The number of pyridine rings is 1. The number of nitrogens with zero attached hydrogens (tertiary/aromatic N) is 1. The second-order valence-corrected chi connectivity index (χ2v) is 10.2. The first-order valence-corrected chi connectivity index (χ1v) is 13.8. The van der Waals surface area contributed by atoms with E-state index in [4.69, 9.17) is 4.74 Å². The normalized spacial score (nSPS) is 11.5. The van der Waals surface area contributed by atoms with Gasteiger partial charge in [0.05, 0.1) is 11.3 Å². The Bertz CT molecular complexity index is 1720. The number of halogens is 6. The van der Waals surface area contributed by atoms with Gasteiger partial charge in [0.15, 0.2) is 11.6 Å². The van der Waals surface area contributed by atoms with Crippen LogP contribution in [0.1, 0.15) is 37.3 Å². The molecular weight excluding hydrogens is 564 g/mol. The van der Waals surface area contributed by atoms with Crippen molar-refractivity contribution in [1.82, 2.24) is 4.98 Å². The molecule has 0 fully saturated rings. The molecule has 0 unspecified atom stereocenters. The highest BCUT2D eigenvalue weighted by atomic mass is 19.3. The Hall–Kier alpha value is -4.59. The molecule has 2 nitrogen and oxygen atoms in total. The van der Waals surface area contributed by atoms with Crippen molar-refractivity contribution in [2.45, 2.75) is 38.7 Å². The van der Waals surface area contributed by atoms with Crippen LogP contribution < -0.4 is 4.74 Å². The lowest BCUT2D eigenvalue weighted by Crippen LogP contribution is -2.21. The Balaban J connectivity index is 1.28. The first-order valence-electron chi connectivity index (χ1n) is 13.8. The van der Waals surface area contributed by atoms with Gasteiger partial charge >= 0.3 is 6.11 Å². The van der Waals surface area contributed by atoms with Crippen LogP contribution in [0.15, 0.2) is 97.2 Å². The van der Waals surface area contributed by atoms with Gasteiger partial charge in [-0.1, -0.05) is 56.2 Å². The minimum absolute atomic E-state index is 0.0103. The molecule has 0 aliphatic carbocycles. The lowest BCUT2D eigenvalue weighted by molar-refractivity contribution is -0.185. The fourth-order valence-corrected chi connectivity index (χ4v) is 4.74. The van der Waals surface area contributed by atoms with Gasteiger partial charge in [0.25, 0.3) is 0 Å². The molecule has 0 aliphatic heterocycles. The summed E-state index contributed by atoms with van der Waals surface area (Å²) in [6, 6.07) is 19.2. The second kappa shape index (κ2) is 12.7. The predicted molar refractivity (Wildman–Crippen MR) is 155 cm³/mol. The van der Waals surface area contributed by atoms with Crippen LogP contribution in [0.5, 0.6) is 5.75 Å². The molecule has 0 atom stereocenters. The molecular formula is C35H27F6NO. The van der Waals surface area contributed by atoms with Gasteiger partial charge in [-0.25, -0.2) is 17.6 Å². The molecule has 0 aliphatic rings. The van der Waals surface area contributed by atoms with Gasteiger partial charge in [-0.15, -0.1) is 0 Å². The van der Waals surface area contributed by atoms with Crippen molar-refractivity contribution in [3.63, 3.8) is 0 Å². The zero-order valence-corrected chi connectivity index (χ0v) is 23.2. The third-order valence-corrected chi connectivity index (χ3v) is 7.11. The number of alkyl halides is 2. The summed E-state index contributed by atoms with van der Waals surface area (Å²) in [4.78, 5) is 4.45. The fraction of sp³-hybridized carbons (Fsp3) is 0.171. The van der Waals surface area contributed by atoms with Crippen LogP contribution >= 0.6 is 0 Å². The van der Waals surface area contributed by atoms with E-state index in [0.29, 0.717) is 11.3 Å². The Labute approximate surface area is 245 Å². The average molecular weight is 592 g/mol. The summed E-state index contributed by atoms with van der Waals surface area (Å²) >= 11 is 0. The molecule has 43 heavy (non-hydrogen) atoms. The Morgan fingerprint density at radius 3 is 1.86 bits per heavy atom. The summed E-state index contributed by atoms with van der Waals surface area (Å²) in [6.45, 7) is 2.14. The highest BCUT2D eigenvalue weighted by molar-refractivity contribution is 5.72.